The summed E-state index contributed by atoms with van der Waals surface area (Å²) < 4.78 is 7.27. The van der Waals surface area contributed by atoms with Crippen molar-refractivity contribution in [2.75, 3.05) is 6.61 Å². The standard InChI is InChI=1S/C24H27N3O2/c1-3-29-24(28)20(16-18-10-6-4-7-11-18)21-14-15-25-23-22(17(2)26-27(21)23)19-12-8-5-9-13-19/h4,6-7,10-12,14-15,20H,3,5,8-9,13,16H2,1-2H3. The number of hydrogen-bond donors (Lipinski definition) is 0. The lowest BCUT2D eigenvalue weighted by atomic mass is 9.93. The van der Waals surface area contributed by atoms with Crippen LogP contribution in [0.5, 0.6) is 0 Å². The third kappa shape index (κ3) is 3.95. The van der Waals surface area contributed by atoms with E-state index in [2.05, 4.69) is 11.1 Å². The first-order chi connectivity index (χ1) is 14.2. The predicted molar refractivity (Wildman–Crippen MR) is 114 cm³/mol. The SMILES string of the molecule is CCOC(=O)C(Cc1ccccc1)c1ccnc2c(C3=CCCCC3)c(C)nn12. The predicted octanol–water partition coefficient (Wildman–Crippen LogP) is 4.88. The van der Waals surface area contributed by atoms with E-state index in [0.29, 0.717) is 13.0 Å². The van der Waals surface area contributed by atoms with Crippen LogP contribution in [0, 0.1) is 6.92 Å². The molecule has 0 spiro atoms. The van der Waals surface area contributed by atoms with Crippen molar-refractivity contribution >= 4 is 17.2 Å². The van der Waals surface area contributed by atoms with E-state index in [4.69, 9.17) is 9.84 Å². The highest BCUT2D eigenvalue weighted by atomic mass is 16.5. The first kappa shape index (κ1) is 19.4. The van der Waals surface area contributed by atoms with Crippen LogP contribution < -0.4 is 0 Å². The molecule has 0 radical (unpaired) electrons. The van der Waals surface area contributed by atoms with Gasteiger partial charge in [-0.3, -0.25) is 4.79 Å². The fourth-order valence-electron chi connectivity index (χ4n) is 4.18. The van der Waals surface area contributed by atoms with Gasteiger partial charge < -0.3 is 4.74 Å². The summed E-state index contributed by atoms with van der Waals surface area (Å²) in [6.07, 6.45) is 9.26. The summed E-state index contributed by atoms with van der Waals surface area (Å²) in [5, 5.41) is 4.80. The number of benzene rings is 1. The van der Waals surface area contributed by atoms with E-state index in [0.717, 1.165) is 41.0 Å². The third-order valence-corrected chi connectivity index (χ3v) is 5.55. The molecule has 2 aromatic heterocycles. The van der Waals surface area contributed by atoms with Gasteiger partial charge in [-0.25, -0.2) is 9.50 Å². The summed E-state index contributed by atoms with van der Waals surface area (Å²) in [5.41, 5.74) is 6.15. The highest BCUT2D eigenvalue weighted by Gasteiger charge is 2.27. The van der Waals surface area contributed by atoms with Crippen molar-refractivity contribution in [2.24, 2.45) is 0 Å². The molecule has 4 rings (SSSR count). The van der Waals surface area contributed by atoms with E-state index in [1.54, 1.807) is 6.20 Å². The Morgan fingerprint density at radius 3 is 2.76 bits per heavy atom. The van der Waals surface area contributed by atoms with Crippen LogP contribution in [0.1, 0.15) is 61.0 Å². The molecule has 3 aromatic rings. The fraction of sp³-hybridized carbons (Fsp3) is 0.375. The molecule has 0 bridgehead atoms. The van der Waals surface area contributed by atoms with Crippen molar-refractivity contribution in [2.45, 2.75) is 51.9 Å². The van der Waals surface area contributed by atoms with Crippen LogP contribution >= 0.6 is 0 Å². The van der Waals surface area contributed by atoms with E-state index >= 15 is 0 Å². The molecular formula is C24H27N3O2. The molecule has 0 fully saturated rings. The highest BCUT2D eigenvalue weighted by Crippen LogP contribution is 2.32. The van der Waals surface area contributed by atoms with E-state index in [1.807, 2.05) is 54.8 Å². The average molecular weight is 389 g/mol. The maximum absolute atomic E-state index is 12.9. The van der Waals surface area contributed by atoms with Gasteiger partial charge in [0, 0.05) is 11.8 Å². The first-order valence-electron chi connectivity index (χ1n) is 10.4. The van der Waals surface area contributed by atoms with Gasteiger partial charge in [-0.15, -0.1) is 0 Å². The zero-order valence-corrected chi connectivity index (χ0v) is 17.1. The van der Waals surface area contributed by atoms with Gasteiger partial charge in [0.2, 0.25) is 0 Å². The molecule has 150 valence electrons. The van der Waals surface area contributed by atoms with Crippen LogP contribution in [0.3, 0.4) is 0 Å². The summed E-state index contributed by atoms with van der Waals surface area (Å²) in [5.74, 6) is -0.661. The molecule has 1 atom stereocenters. The summed E-state index contributed by atoms with van der Waals surface area (Å²) in [7, 11) is 0. The van der Waals surface area contributed by atoms with Gasteiger partial charge in [-0.1, -0.05) is 36.4 Å². The van der Waals surface area contributed by atoms with Crippen LogP contribution in [0.15, 0.2) is 48.7 Å². The molecule has 2 heterocycles. The lowest BCUT2D eigenvalue weighted by Crippen LogP contribution is -2.21. The maximum Gasteiger partial charge on any atom is 0.315 e. The van der Waals surface area contributed by atoms with Crippen molar-refractivity contribution in [3.63, 3.8) is 0 Å². The minimum absolute atomic E-state index is 0.226. The normalized spacial score (nSPS) is 15.2. The number of carbonyl (C=O) groups is 1. The average Bonchev–Trinajstić information content (AvgIpc) is 3.09. The smallest absolute Gasteiger partial charge is 0.315 e. The van der Waals surface area contributed by atoms with Crippen LogP contribution in [0.2, 0.25) is 0 Å². The van der Waals surface area contributed by atoms with Crippen molar-refractivity contribution in [1.29, 1.82) is 0 Å². The lowest BCUT2D eigenvalue weighted by Gasteiger charge is -2.17. The zero-order valence-electron chi connectivity index (χ0n) is 17.1. The van der Waals surface area contributed by atoms with E-state index in [9.17, 15) is 4.79 Å². The van der Waals surface area contributed by atoms with Crippen LogP contribution in [-0.4, -0.2) is 27.2 Å². The molecule has 0 N–H and O–H groups in total. The number of allylic oxidation sites excluding steroid dienone is 2. The van der Waals surface area contributed by atoms with Gasteiger partial charge >= 0.3 is 5.97 Å². The number of esters is 1. The quantitative estimate of drug-likeness (QED) is 0.564. The van der Waals surface area contributed by atoms with Gasteiger partial charge in [-0.2, -0.15) is 5.10 Å². The number of fused-ring (bicyclic) bond motifs is 1. The number of aryl methyl sites for hydroxylation is 1. The number of aromatic nitrogens is 3. The molecule has 5 nitrogen and oxygen atoms in total. The molecule has 1 aliphatic carbocycles. The molecule has 0 amide bonds. The first-order valence-corrected chi connectivity index (χ1v) is 10.4. The molecule has 5 heteroatoms. The number of nitrogens with zero attached hydrogens (tertiary/aromatic N) is 3. The van der Waals surface area contributed by atoms with Crippen LogP contribution in [-0.2, 0) is 16.0 Å². The Bertz CT molecular complexity index is 1040. The molecule has 0 aliphatic heterocycles. The Hall–Kier alpha value is -2.95. The largest absolute Gasteiger partial charge is 0.465 e. The van der Waals surface area contributed by atoms with Crippen LogP contribution in [0.25, 0.3) is 11.2 Å². The van der Waals surface area contributed by atoms with Crippen molar-refractivity contribution in [3.8, 4) is 0 Å². The Morgan fingerprint density at radius 1 is 1.21 bits per heavy atom. The molecule has 29 heavy (non-hydrogen) atoms. The summed E-state index contributed by atoms with van der Waals surface area (Å²) in [6, 6.07) is 11.9. The molecule has 0 saturated carbocycles. The van der Waals surface area contributed by atoms with E-state index in [-0.39, 0.29) is 5.97 Å². The number of hydrogen-bond acceptors (Lipinski definition) is 4. The Kier molecular flexibility index (Phi) is 5.74. The molecule has 1 aromatic carbocycles. The molecule has 1 aliphatic rings. The zero-order chi connectivity index (χ0) is 20.2. The second-order valence-electron chi connectivity index (χ2n) is 7.54. The Morgan fingerprint density at radius 2 is 2.03 bits per heavy atom. The highest BCUT2D eigenvalue weighted by molar-refractivity contribution is 5.81. The summed E-state index contributed by atoms with van der Waals surface area (Å²) in [4.78, 5) is 17.5. The molecule has 0 saturated heterocycles. The number of rotatable bonds is 6. The third-order valence-electron chi connectivity index (χ3n) is 5.55. The van der Waals surface area contributed by atoms with Gasteiger partial charge in [0.05, 0.1) is 18.0 Å². The summed E-state index contributed by atoms with van der Waals surface area (Å²) in [6.45, 7) is 4.22. The lowest BCUT2D eigenvalue weighted by molar-refractivity contribution is -0.145. The van der Waals surface area contributed by atoms with Crippen molar-refractivity contribution in [1.82, 2.24) is 14.6 Å². The minimum Gasteiger partial charge on any atom is -0.465 e. The van der Waals surface area contributed by atoms with Crippen LogP contribution in [0.4, 0.5) is 0 Å². The Balaban J connectivity index is 1.81. The Labute approximate surface area is 171 Å². The van der Waals surface area contributed by atoms with Gasteiger partial charge in [0.25, 0.3) is 0 Å². The van der Waals surface area contributed by atoms with E-state index < -0.39 is 5.92 Å². The second kappa shape index (κ2) is 8.60. The van der Waals surface area contributed by atoms with E-state index in [1.165, 1.54) is 18.4 Å². The van der Waals surface area contributed by atoms with Gasteiger partial charge in [-0.05, 0) is 63.2 Å². The molecule has 1 unspecified atom stereocenters. The monoisotopic (exact) mass is 389 g/mol. The number of carbonyl (C=O) groups excluding carboxylic acids is 1. The number of ether oxygens (including phenoxy) is 1. The topological polar surface area (TPSA) is 56.5 Å². The fourth-order valence-corrected chi connectivity index (χ4v) is 4.18. The van der Waals surface area contributed by atoms with Gasteiger partial charge in [0.1, 0.15) is 5.92 Å². The second-order valence-corrected chi connectivity index (χ2v) is 7.54. The van der Waals surface area contributed by atoms with Crippen molar-refractivity contribution < 1.29 is 9.53 Å². The summed E-state index contributed by atoms with van der Waals surface area (Å²) >= 11 is 0. The minimum atomic E-state index is -0.435. The van der Waals surface area contributed by atoms with Crippen molar-refractivity contribution in [3.05, 3.63) is 71.2 Å². The maximum atomic E-state index is 12.9. The molecular weight excluding hydrogens is 362 g/mol. The van der Waals surface area contributed by atoms with Gasteiger partial charge in [0.15, 0.2) is 5.65 Å².